The highest BCUT2D eigenvalue weighted by molar-refractivity contribution is 4.99. The maximum absolute atomic E-state index is 5.59. The van der Waals surface area contributed by atoms with E-state index < -0.39 is 0 Å². The lowest BCUT2D eigenvalue weighted by Gasteiger charge is -2.10. The van der Waals surface area contributed by atoms with Gasteiger partial charge >= 0.3 is 0 Å². The van der Waals surface area contributed by atoms with E-state index in [0.717, 1.165) is 25.3 Å². The van der Waals surface area contributed by atoms with Crippen molar-refractivity contribution < 1.29 is 4.74 Å². The van der Waals surface area contributed by atoms with Crippen LogP contribution in [-0.4, -0.2) is 22.5 Å². The Hall–Kier alpha value is -0.870. The molecule has 1 aromatic heterocycles. The van der Waals surface area contributed by atoms with Gasteiger partial charge in [0.2, 0.25) is 0 Å². The lowest BCUT2D eigenvalue weighted by Crippen LogP contribution is -2.14. The van der Waals surface area contributed by atoms with E-state index >= 15 is 0 Å². The first-order chi connectivity index (χ1) is 6.90. The van der Waals surface area contributed by atoms with Crippen molar-refractivity contribution in [3.05, 3.63) is 18.0 Å². The number of hydrogen-bond donors (Lipinski definition) is 1. The van der Waals surface area contributed by atoms with Gasteiger partial charge in [-0.2, -0.15) is 5.10 Å². The fourth-order valence-corrected chi connectivity index (χ4v) is 1.87. The molecule has 1 saturated heterocycles. The molecular weight excluding hydrogens is 178 g/mol. The van der Waals surface area contributed by atoms with Crippen molar-refractivity contribution in [1.82, 2.24) is 9.78 Å². The normalized spacial score (nSPS) is 21.6. The Balaban J connectivity index is 1.84. The predicted molar refractivity (Wildman–Crippen MR) is 53.7 cm³/mol. The van der Waals surface area contributed by atoms with Gasteiger partial charge in [-0.1, -0.05) is 0 Å². The molecule has 0 radical (unpaired) electrons. The molecule has 0 bridgehead atoms. The molecule has 0 aromatic carbocycles. The van der Waals surface area contributed by atoms with Gasteiger partial charge in [0.15, 0.2) is 0 Å². The molecule has 2 N–H and O–H groups in total. The van der Waals surface area contributed by atoms with Gasteiger partial charge in [-0.15, -0.1) is 0 Å². The molecule has 1 atom stereocenters. The maximum atomic E-state index is 5.59. The van der Waals surface area contributed by atoms with Crippen LogP contribution in [-0.2, 0) is 17.8 Å². The van der Waals surface area contributed by atoms with E-state index in [1.165, 1.54) is 12.8 Å². The molecule has 78 valence electrons. The molecule has 1 unspecified atom stereocenters. The summed E-state index contributed by atoms with van der Waals surface area (Å²) in [6, 6.07) is 1.97. The molecule has 4 heteroatoms. The SMILES string of the molecule is NCc1ccnn1CCC1CCCO1. The molecule has 0 saturated carbocycles. The highest BCUT2D eigenvalue weighted by Crippen LogP contribution is 2.16. The number of ether oxygens (including phenoxy) is 1. The highest BCUT2D eigenvalue weighted by atomic mass is 16.5. The summed E-state index contributed by atoms with van der Waals surface area (Å²) >= 11 is 0. The summed E-state index contributed by atoms with van der Waals surface area (Å²) in [6.45, 7) is 2.41. The smallest absolute Gasteiger partial charge is 0.0593 e. The minimum atomic E-state index is 0.435. The van der Waals surface area contributed by atoms with Gasteiger partial charge < -0.3 is 10.5 Å². The molecule has 14 heavy (non-hydrogen) atoms. The molecule has 1 fully saturated rings. The minimum absolute atomic E-state index is 0.435. The molecule has 0 spiro atoms. The summed E-state index contributed by atoms with van der Waals surface area (Å²) in [4.78, 5) is 0. The molecule has 0 amide bonds. The van der Waals surface area contributed by atoms with E-state index in [-0.39, 0.29) is 0 Å². The van der Waals surface area contributed by atoms with Crippen LogP contribution < -0.4 is 5.73 Å². The standard InChI is InChI=1S/C10H17N3O/c11-8-9-3-5-12-13(9)6-4-10-2-1-7-14-10/h3,5,10H,1-2,4,6-8,11H2. The van der Waals surface area contributed by atoms with Crippen LogP contribution in [0.1, 0.15) is 25.0 Å². The third-order valence-corrected chi connectivity index (χ3v) is 2.70. The first-order valence-corrected chi connectivity index (χ1v) is 5.22. The van der Waals surface area contributed by atoms with Gasteiger partial charge in [0.1, 0.15) is 0 Å². The Kier molecular flexibility index (Phi) is 3.16. The topological polar surface area (TPSA) is 53.1 Å². The zero-order chi connectivity index (χ0) is 9.80. The zero-order valence-electron chi connectivity index (χ0n) is 8.35. The lowest BCUT2D eigenvalue weighted by atomic mass is 10.2. The van der Waals surface area contributed by atoms with Crippen molar-refractivity contribution in [1.29, 1.82) is 0 Å². The van der Waals surface area contributed by atoms with Crippen LogP contribution in [0.15, 0.2) is 12.3 Å². The van der Waals surface area contributed by atoms with E-state index in [0.29, 0.717) is 12.6 Å². The molecule has 4 nitrogen and oxygen atoms in total. The van der Waals surface area contributed by atoms with Crippen molar-refractivity contribution >= 4 is 0 Å². The highest BCUT2D eigenvalue weighted by Gasteiger charge is 2.15. The van der Waals surface area contributed by atoms with Crippen molar-refractivity contribution in [3.8, 4) is 0 Å². The number of aromatic nitrogens is 2. The van der Waals surface area contributed by atoms with E-state index in [1.807, 2.05) is 10.7 Å². The second kappa shape index (κ2) is 4.57. The number of hydrogen-bond acceptors (Lipinski definition) is 3. The quantitative estimate of drug-likeness (QED) is 0.777. The predicted octanol–water partition coefficient (Wildman–Crippen LogP) is 0.911. The van der Waals surface area contributed by atoms with E-state index in [2.05, 4.69) is 5.10 Å². The van der Waals surface area contributed by atoms with Crippen molar-refractivity contribution in [3.63, 3.8) is 0 Å². The van der Waals surface area contributed by atoms with Crippen LogP contribution in [0.25, 0.3) is 0 Å². The van der Waals surface area contributed by atoms with E-state index in [4.69, 9.17) is 10.5 Å². The van der Waals surface area contributed by atoms with E-state index in [1.54, 1.807) is 6.20 Å². The van der Waals surface area contributed by atoms with Gasteiger partial charge in [0.25, 0.3) is 0 Å². The third kappa shape index (κ3) is 2.13. The Morgan fingerprint density at radius 2 is 2.57 bits per heavy atom. The number of nitrogens with zero attached hydrogens (tertiary/aromatic N) is 2. The molecule has 2 heterocycles. The van der Waals surface area contributed by atoms with Crippen LogP contribution in [0, 0.1) is 0 Å². The summed E-state index contributed by atoms with van der Waals surface area (Å²) in [5, 5.41) is 4.23. The lowest BCUT2D eigenvalue weighted by molar-refractivity contribution is 0.0992. The fourth-order valence-electron chi connectivity index (χ4n) is 1.87. The van der Waals surface area contributed by atoms with Crippen LogP contribution >= 0.6 is 0 Å². The molecule has 0 aliphatic carbocycles. The molecule has 1 aromatic rings. The van der Waals surface area contributed by atoms with Gasteiger partial charge in [0, 0.05) is 25.9 Å². The van der Waals surface area contributed by atoms with Crippen molar-refractivity contribution in [2.45, 2.75) is 38.5 Å². The minimum Gasteiger partial charge on any atom is -0.378 e. The van der Waals surface area contributed by atoms with Crippen LogP contribution in [0.5, 0.6) is 0 Å². The number of nitrogens with two attached hydrogens (primary N) is 1. The summed E-state index contributed by atoms with van der Waals surface area (Å²) in [5.41, 5.74) is 6.69. The summed E-state index contributed by atoms with van der Waals surface area (Å²) in [7, 11) is 0. The Bertz CT molecular complexity index is 279. The zero-order valence-corrected chi connectivity index (χ0v) is 8.35. The van der Waals surface area contributed by atoms with Crippen molar-refractivity contribution in [2.75, 3.05) is 6.61 Å². The molecule has 2 rings (SSSR count). The molecule has 1 aliphatic rings. The second-order valence-corrected chi connectivity index (χ2v) is 3.67. The van der Waals surface area contributed by atoms with E-state index in [9.17, 15) is 0 Å². The van der Waals surface area contributed by atoms with Crippen LogP contribution in [0.4, 0.5) is 0 Å². The summed E-state index contributed by atoms with van der Waals surface area (Å²) < 4.78 is 7.53. The third-order valence-electron chi connectivity index (χ3n) is 2.70. The first-order valence-electron chi connectivity index (χ1n) is 5.22. The largest absolute Gasteiger partial charge is 0.378 e. The number of rotatable bonds is 4. The Morgan fingerprint density at radius 1 is 1.64 bits per heavy atom. The van der Waals surface area contributed by atoms with Gasteiger partial charge in [-0.25, -0.2) is 0 Å². The molecule has 1 aliphatic heterocycles. The van der Waals surface area contributed by atoms with Gasteiger partial charge in [0.05, 0.1) is 11.8 Å². The summed E-state index contributed by atoms with van der Waals surface area (Å²) in [6.07, 6.45) is 5.68. The van der Waals surface area contributed by atoms with Crippen LogP contribution in [0.2, 0.25) is 0 Å². The maximum Gasteiger partial charge on any atom is 0.0593 e. The Morgan fingerprint density at radius 3 is 3.29 bits per heavy atom. The second-order valence-electron chi connectivity index (χ2n) is 3.67. The average molecular weight is 195 g/mol. The fraction of sp³-hybridized carbons (Fsp3) is 0.700. The number of aryl methyl sites for hydroxylation is 1. The van der Waals surface area contributed by atoms with Gasteiger partial charge in [-0.05, 0) is 25.3 Å². The van der Waals surface area contributed by atoms with Crippen LogP contribution in [0.3, 0.4) is 0 Å². The Labute approximate surface area is 84.0 Å². The van der Waals surface area contributed by atoms with Gasteiger partial charge in [-0.3, -0.25) is 4.68 Å². The average Bonchev–Trinajstić information content (AvgIpc) is 2.85. The first kappa shape index (κ1) is 9.68. The summed E-state index contributed by atoms with van der Waals surface area (Å²) in [5.74, 6) is 0. The van der Waals surface area contributed by atoms with Crippen molar-refractivity contribution in [2.24, 2.45) is 5.73 Å². The molecular formula is C10H17N3O. The monoisotopic (exact) mass is 195 g/mol.